The molecule has 1 amide bonds. The molecular formula is C29H32N4O2S. The second-order valence-corrected chi connectivity index (χ2v) is 11.4. The van der Waals surface area contributed by atoms with Crippen LogP contribution in [0.1, 0.15) is 60.1 Å². The Morgan fingerprint density at radius 3 is 2.39 bits per heavy atom. The number of thiocarbonyl (C=S) groups is 1. The summed E-state index contributed by atoms with van der Waals surface area (Å²) >= 11 is 5.42. The number of nitrogens with one attached hydrogen (secondary N) is 3. The average Bonchev–Trinajstić information content (AvgIpc) is 2.86. The number of hydrogen-bond acceptors (Lipinski definition) is 4. The van der Waals surface area contributed by atoms with Gasteiger partial charge in [-0.2, -0.15) is 0 Å². The van der Waals surface area contributed by atoms with Gasteiger partial charge in [0.05, 0.1) is 18.3 Å². The molecule has 4 bridgehead atoms. The number of carbonyl (C=O) groups is 1. The molecule has 0 spiro atoms. The van der Waals surface area contributed by atoms with Gasteiger partial charge in [-0.15, -0.1) is 0 Å². The molecule has 4 fully saturated rings. The molecule has 1 aromatic heterocycles. The van der Waals surface area contributed by atoms with Crippen molar-refractivity contribution in [1.82, 2.24) is 15.8 Å². The summed E-state index contributed by atoms with van der Waals surface area (Å²) in [5.41, 5.74) is 10.1. The summed E-state index contributed by atoms with van der Waals surface area (Å²) in [5.74, 6) is 2.84. The summed E-state index contributed by atoms with van der Waals surface area (Å²) < 4.78 is 5.40. The van der Waals surface area contributed by atoms with Crippen LogP contribution in [-0.2, 0) is 5.41 Å². The Morgan fingerprint density at radius 2 is 1.69 bits per heavy atom. The lowest BCUT2D eigenvalue weighted by atomic mass is 9.48. The van der Waals surface area contributed by atoms with Crippen molar-refractivity contribution >= 4 is 39.8 Å². The number of carbonyl (C=O) groups excluding carboxylic acids is 1. The third-order valence-electron chi connectivity index (χ3n) is 8.45. The minimum Gasteiger partial charge on any atom is -0.495 e. The summed E-state index contributed by atoms with van der Waals surface area (Å²) in [6, 6.07) is 16.1. The number of nitrogens with zero attached hydrogens (tertiary/aromatic N) is 1. The van der Waals surface area contributed by atoms with E-state index in [-0.39, 0.29) is 16.4 Å². The number of hydrazine groups is 1. The Balaban J connectivity index is 1.24. The van der Waals surface area contributed by atoms with Crippen LogP contribution in [0.2, 0.25) is 0 Å². The maximum absolute atomic E-state index is 13.3. The van der Waals surface area contributed by atoms with Crippen LogP contribution in [0.25, 0.3) is 10.9 Å². The first-order valence-electron chi connectivity index (χ1n) is 12.8. The molecule has 0 saturated heterocycles. The highest BCUT2D eigenvalue weighted by molar-refractivity contribution is 7.80. The molecule has 6 nitrogen and oxygen atoms in total. The van der Waals surface area contributed by atoms with Gasteiger partial charge in [-0.3, -0.25) is 15.6 Å². The predicted octanol–water partition coefficient (Wildman–Crippen LogP) is 5.65. The van der Waals surface area contributed by atoms with E-state index >= 15 is 0 Å². The van der Waals surface area contributed by atoms with E-state index in [1.165, 1.54) is 49.5 Å². The molecule has 1 heterocycles. The van der Waals surface area contributed by atoms with Crippen molar-refractivity contribution in [3.63, 3.8) is 0 Å². The number of benzene rings is 2. The molecule has 0 atom stereocenters. The summed E-state index contributed by atoms with van der Waals surface area (Å²) in [6.45, 7) is 2.00. The van der Waals surface area contributed by atoms with E-state index in [0.29, 0.717) is 11.4 Å². The van der Waals surface area contributed by atoms with Crippen LogP contribution in [0.5, 0.6) is 5.75 Å². The standard InChI is InChI=1S/C29H32N4O2S/c1-17-7-8-26(35-2)24(9-17)31-28(36)33-32-27(34)25-13-22(21-5-3-4-6-23(21)30-25)29-14-18-10-19(15-29)12-20(11-18)16-29/h3-9,13,18-20H,10-12,14-16H2,1-2H3,(H,32,34)(H2,31,33,36). The number of fused-ring (bicyclic) bond motifs is 1. The summed E-state index contributed by atoms with van der Waals surface area (Å²) in [7, 11) is 1.61. The fourth-order valence-electron chi connectivity index (χ4n) is 7.42. The van der Waals surface area contributed by atoms with Gasteiger partial charge in [0.1, 0.15) is 11.4 Å². The highest BCUT2D eigenvalue weighted by Gasteiger charge is 2.52. The number of amides is 1. The van der Waals surface area contributed by atoms with Gasteiger partial charge in [-0.1, -0.05) is 24.3 Å². The molecule has 7 heteroatoms. The quantitative estimate of drug-likeness (QED) is 0.317. The lowest BCUT2D eigenvalue weighted by Gasteiger charge is -2.57. The average molecular weight is 501 g/mol. The first-order chi connectivity index (χ1) is 17.4. The maximum atomic E-state index is 13.3. The van der Waals surface area contributed by atoms with Crippen LogP contribution in [-0.4, -0.2) is 23.1 Å². The first-order valence-corrected chi connectivity index (χ1v) is 13.3. The lowest BCUT2D eigenvalue weighted by molar-refractivity contribution is -0.00454. The zero-order valence-corrected chi connectivity index (χ0v) is 21.6. The molecule has 3 N–H and O–H groups in total. The van der Waals surface area contributed by atoms with Gasteiger partial charge >= 0.3 is 0 Å². The van der Waals surface area contributed by atoms with Crippen molar-refractivity contribution in [2.75, 3.05) is 12.4 Å². The zero-order valence-electron chi connectivity index (χ0n) is 20.8. The van der Waals surface area contributed by atoms with Crippen LogP contribution in [0, 0.1) is 24.7 Å². The van der Waals surface area contributed by atoms with Crippen molar-refractivity contribution in [2.45, 2.75) is 50.9 Å². The van der Waals surface area contributed by atoms with Crippen LogP contribution in [0.4, 0.5) is 5.69 Å². The van der Waals surface area contributed by atoms with Gasteiger partial charge in [0, 0.05) is 5.39 Å². The second kappa shape index (κ2) is 9.04. The van der Waals surface area contributed by atoms with Crippen molar-refractivity contribution in [2.24, 2.45) is 17.8 Å². The number of pyridine rings is 1. The van der Waals surface area contributed by atoms with E-state index in [2.05, 4.69) is 28.3 Å². The number of anilines is 1. The van der Waals surface area contributed by atoms with Crippen LogP contribution in [0.3, 0.4) is 0 Å². The van der Waals surface area contributed by atoms with E-state index in [1.54, 1.807) is 7.11 Å². The van der Waals surface area contributed by atoms with Crippen molar-refractivity contribution in [1.29, 1.82) is 0 Å². The van der Waals surface area contributed by atoms with Gasteiger partial charge in [-0.05, 0) is 116 Å². The lowest BCUT2D eigenvalue weighted by Crippen LogP contribution is -2.49. The van der Waals surface area contributed by atoms with Gasteiger partial charge in [0.25, 0.3) is 5.91 Å². The topological polar surface area (TPSA) is 75.3 Å². The fourth-order valence-corrected chi connectivity index (χ4v) is 7.58. The fraction of sp³-hybridized carbons (Fsp3) is 0.414. The molecule has 186 valence electrons. The maximum Gasteiger partial charge on any atom is 0.288 e. The molecule has 4 aliphatic rings. The Labute approximate surface area is 217 Å². The van der Waals surface area contributed by atoms with Gasteiger partial charge < -0.3 is 10.1 Å². The summed E-state index contributed by atoms with van der Waals surface area (Å²) in [5, 5.41) is 4.56. The summed E-state index contributed by atoms with van der Waals surface area (Å²) in [6.07, 6.45) is 7.86. The van der Waals surface area contributed by atoms with Crippen molar-refractivity contribution in [3.8, 4) is 5.75 Å². The van der Waals surface area contributed by atoms with Crippen molar-refractivity contribution < 1.29 is 9.53 Å². The highest BCUT2D eigenvalue weighted by Crippen LogP contribution is 2.61. The smallest absolute Gasteiger partial charge is 0.288 e. The van der Waals surface area contributed by atoms with E-state index < -0.39 is 0 Å². The third kappa shape index (κ3) is 4.19. The number of hydrogen-bond donors (Lipinski definition) is 3. The normalized spacial score (nSPS) is 26.0. The molecule has 0 aliphatic heterocycles. The predicted molar refractivity (Wildman–Crippen MR) is 146 cm³/mol. The van der Waals surface area contributed by atoms with Gasteiger partial charge in [-0.25, -0.2) is 4.98 Å². The highest BCUT2D eigenvalue weighted by atomic mass is 32.1. The molecule has 0 radical (unpaired) electrons. The largest absolute Gasteiger partial charge is 0.495 e. The summed E-state index contributed by atoms with van der Waals surface area (Å²) in [4.78, 5) is 18.0. The minimum atomic E-state index is -0.299. The van der Waals surface area contributed by atoms with Gasteiger partial charge in [0.15, 0.2) is 5.11 Å². The van der Waals surface area contributed by atoms with Crippen LogP contribution in [0.15, 0.2) is 48.5 Å². The SMILES string of the molecule is COc1ccc(C)cc1NC(=S)NNC(=O)c1cc(C23CC4CC(CC(C4)C2)C3)c2ccccc2n1. The van der Waals surface area contributed by atoms with E-state index in [4.69, 9.17) is 21.9 Å². The minimum absolute atomic E-state index is 0.165. The van der Waals surface area contributed by atoms with Crippen LogP contribution < -0.4 is 20.9 Å². The number of methoxy groups -OCH3 is 1. The molecule has 36 heavy (non-hydrogen) atoms. The van der Waals surface area contributed by atoms with Crippen LogP contribution >= 0.6 is 12.2 Å². The Morgan fingerprint density at radius 1 is 1.00 bits per heavy atom. The number of rotatable bonds is 4. The van der Waals surface area contributed by atoms with Crippen molar-refractivity contribution in [3.05, 3.63) is 65.4 Å². The third-order valence-corrected chi connectivity index (χ3v) is 8.66. The first kappa shape index (κ1) is 23.2. The zero-order chi connectivity index (χ0) is 24.9. The number of para-hydroxylation sites is 1. The molecule has 4 saturated carbocycles. The van der Waals surface area contributed by atoms with Gasteiger partial charge in [0.2, 0.25) is 0 Å². The molecular weight excluding hydrogens is 468 g/mol. The Kier molecular flexibility index (Phi) is 5.83. The molecule has 7 rings (SSSR count). The number of ether oxygens (including phenoxy) is 1. The monoisotopic (exact) mass is 500 g/mol. The molecule has 2 aromatic carbocycles. The number of aromatic nitrogens is 1. The molecule has 3 aromatic rings. The Hall–Kier alpha value is -3.19. The molecule has 4 aliphatic carbocycles. The number of aryl methyl sites for hydroxylation is 1. The molecule has 0 unspecified atom stereocenters. The van der Waals surface area contributed by atoms with E-state index in [1.807, 2.05) is 43.3 Å². The Bertz CT molecular complexity index is 1320. The second-order valence-electron chi connectivity index (χ2n) is 11.0. The van der Waals surface area contributed by atoms with E-state index in [0.717, 1.165) is 34.5 Å². The van der Waals surface area contributed by atoms with E-state index in [9.17, 15) is 4.79 Å².